The summed E-state index contributed by atoms with van der Waals surface area (Å²) in [7, 11) is 1.68. The van der Waals surface area contributed by atoms with Crippen LogP contribution in [0.3, 0.4) is 0 Å². The molecule has 0 unspecified atom stereocenters. The summed E-state index contributed by atoms with van der Waals surface area (Å²) in [6, 6.07) is 12.1. The first-order valence-corrected chi connectivity index (χ1v) is 10.6. The lowest BCUT2D eigenvalue weighted by Gasteiger charge is -2.13. The molecule has 0 aliphatic heterocycles. The third-order valence-electron chi connectivity index (χ3n) is 4.43. The molecule has 0 saturated heterocycles. The summed E-state index contributed by atoms with van der Waals surface area (Å²) in [4.78, 5) is 6.94. The van der Waals surface area contributed by atoms with Gasteiger partial charge < -0.3 is 4.74 Å². The Morgan fingerprint density at radius 1 is 1.00 bits per heavy atom. The number of benzene rings is 1. The monoisotopic (exact) mass is 383 g/mol. The molecular formula is C20H21N3OS2. The lowest BCUT2D eigenvalue weighted by Crippen LogP contribution is -2.15. The van der Waals surface area contributed by atoms with Crippen molar-refractivity contribution >= 4 is 34.1 Å². The molecule has 1 aromatic carbocycles. The predicted octanol–water partition coefficient (Wildman–Crippen LogP) is 5.69. The highest BCUT2D eigenvalue weighted by molar-refractivity contribution is 7.14. The standard InChI is InChI=1S/C20H21N3OS2/c1-24-18-11-6-5-10-16(18)21-20-23(22-15-8-3-2-4-9-15)17(14-26-20)19-12-7-13-25-19/h5-7,10-14H,2-4,8-9H2,1H3. The Morgan fingerprint density at radius 2 is 1.85 bits per heavy atom. The van der Waals surface area contributed by atoms with Crippen LogP contribution in [0, 0.1) is 0 Å². The molecule has 1 aliphatic carbocycles. The van der Waals surface area contributed by atoms with Crippen molar-refractivity contribution in [3.05, 3.63) is 52.0 Å². The van der Waals surface area contributed by atoms with E-state index in [1.807, 2.05) is 28.9 Å². The highest BCUT2D eigenvalue weighted by atomic mass is 32.1. The van der Waals surface area contributed by atoms with Crippen LogP contribution in [0.25, 0.3) is 10.6 Å². The van der Waals surface area contributed by atoms with E-state index in [2.05, 4.69) is 22.9 Å². The topological polar surface area (TPSA) is 38.9 Å². The Bertz CT molecular complexity index is 959. The van der Waals surface area contributed by atoms with Crippen LogP contribution in [-0.4, -0.2) is 17.5 Å². The zero-order valence-electron chi connectivity index (χ0n) is 14.7. The lowest BCUT2D eigenvalue weighted by molar-refractivity contribution is 0.416. The third-order valence-corrected chi connectivity index (χ3v) is 6.14. The quantitative estimate of drug-likeness (QED) is 0.570. The lowest BCUT2D eigenvalue weighted by atomic mass is 9.99. The minimum atomic E-state index is 0.774. The number of hydrogen-bond acceptors (Lipinski definition) is 5. The van der Waals surface area contributed by atoms with Gasteiger partial charge in [0, 0.05) is 11.1 Å². The molecule has 4 nitrogen and oxygen atoms in total. The summed E-state index contributed by atoms with van der Waals surface area (Å²) in [6.07, 6.45) is 5.94. The Labute approximate surface area is 161 Å². The molecule has 2 heterocycles. The first kappa shape index (κ1) is 17.2. The van der Waals surface area contributed by atoms with Crippen molar-refractivity contribution in [2.75, 3.05) is 7.11 Å². The number of thiophene rings is 1. The van der Waals surface area contributed by atoms with E-state index in [4.69, 9.17) is 14.8 Å². The SMILES string of the molecule is COc1ccccc1N=c1scc(-c2cccs2)n1N=C1CCCCC1. The fourth-order valence-corrected chi connectivity index (χ4v) is 4.73. The van der Waals surface area contributed by atoms with Crippen molar-refractivity contribution in [3.8, 4) is 16.3 Å². The fraction of sp³-hybridized carbons (Fsp3) is 0.300. The molecule has 6 heteroatoms. The summed E-state index contributed by atoms with van der Waals surface area (Å²) in [5.41, 5.74) is 3.21. The smallest absolute Gasteiger partial charge is 0.211 e. The van der Waals surface area contributed by atoms with Crippen molar-refractivity contribution < 1.29 is 4.74 Å². The molecule has 2 aromatic heterocycles. The van der Waals surface area contributed by atoms with Crippen molar-refractivity contribution in [3.63, 3.8) is 0 Å². The Kier molecular flexibility index (Phi) is 5.32. The zero-order chi connectivity index (χ0) is 17.8. The molecule has 26 heavy (non-hydrogen) atoms. The van der Waals surface area contributed by atoms with E-state index in [1.54, 1.807) is 29.8 Å². The Hall–Kier alpha value is -2.18. The number of hydrogen-bond donors (Lipinski definition) is 0. The van der Waals surface area contributed by atoms with Crippen molar-refractivity contribution in [1.82, 2.24) is 4.68 Å². The number of ether oxygens (including phenoxy) is 1. The molecule has 0 spiro atoms. The molecule has 1 aliphatic rings. The Morgan fingerprint density at radius 3 is 2.62 bits per heavy atom. The van der Waals surface area contributed by atoms with Crippen LogP contribution in [0.2, 0.25) is 0 Å². The van der Waals surface area contributed by atoms with Gasteiger partial charge in [-0.1, -0.05) is 24.6 Å². The second kappa shape index (κ2) is 8.01. The van der Waals surface area contributed by atoms with Gasteiger partial charge in [-0.2, -0.15) is 5.10 Å². The average Bonchev–Trinajstić information content (AvgIpc) is 3.34. The molecule has 0 amide bonds. The normalized spacial score (nSPS) is 15.3. The molecule has 0 bridgehead atoms. The minimum Gasteiger partial charge on any atom is -0.494 e. The van der Waals surface area contributed by atoms with Gasteiger partial charge in [0.25, 0.3) is 0 Å². The predicted molar refractivity (Wildman–Crippen MR) is 110 cm³/mol. The number of nitrogens with zero attached hydrogens (tertiary/aromatic N) is 3. The van der Waals surface area contributed by atoms with Gasteiger partial charge in [-0.15, -0.1) is 22.7 Å². The van der Waals surface area contributed by atoms with Crippen LogP contribution < -0.4 is 9.54 Å². The van der Waals surface area contributed by atoms with Crippen LogP contribution in [0.1, 0.15) is 32.1 Å². The Balaban J connectivity index is 1.86. The van der Waals surface area contributed by atoms with E-state index >= 15 is 0 Å². The molecule has 1 saturated carbocycles. The number of para-hydroxylation sites is 2. The molecule has 1 fully saturated rings. The van der Waals surface area contributed by atoms with Gasteiger partial charge in [0.1, 0.15) is 11.4 Å². The third kappa shape index (κ3) is 3.66. The van der Waals surface area contributed by atoms with E-state index in [9.17, 15) is 0 Å². The summed E-state index contributed by atoms with van der Waals surface area (Å²) < 4.78 is 7.47. The number of aromatic nitrogens is 1. The highest BCUT2D eigenvalue weighted by Crippen LogP contribution is 2.28. The highest BCUT2D eigenvalue weighted by Gasteiger charge is 2.12. The average molecular weight is 384 g/mol. The van der Waals surface area contributed by atoms with Crippen LogP contribution in [0.4, 0.5) is 5.69 Å². The second-order valence-corrected chi connectivity index (χ2v) is 7.99. The number of thiazole rings is 1. The number of rotatable bonds is 4. The maximum absolute atomic E-state index is 5.45. The van der Waals surface area contributed by atoms with Gasteiger partial charge in [0.05, 0.1) is 17.7 Å². The molecule has 4 rings (SSSR count). The molecule has 0 radical (unpaired) electrons. The van der Waals surface area contributed by atoms with E-state index in [0.29, 0.717) is 0 Å². The zero-order valence-corrected chi connectivity index (χ0v) is 16.4. The molecule has 0 atom stereocenters. The maximum Gasteiger partial charge on any atom is 0.211 e. The first-order chi connectivity index (χ1) is 12.8. The molecule has 0 N–H and O–H groups in total. The minimum absolute atomic E-state index is 0.774. The maximum atomic E-state index is 5.45. The van der Waals surface area contributed by atoms with Gasteiger partial charge >= 0.3 is 0 Å². The fourth-order valence-electron chi connectivity index (χ4n) is 3.10. The van der Waals surface area contributed by atoms with Crippen LogP contribution in [0.15, 0.2) is 57.3 Å². The van der Waals surface area contributed by atoms with Gasteiger partial charge in [0.2, 0.25) is 4.80 Å². The van der Waals surface area contributed by atoms with Crippen molar-refractivity contribution in [2.45, 2.75) is 32.1 Å². The molecule has 134 valence electrons. The van der Waals surface area contributed by atoms with E-state index < -0.39 is 0 Å². The van der Waals surface area contributed by atoms with Crippen LogP contribution in [-0.2, 0) is 0 Å². The van der Waals surface area contributed by atoms with Crippen molar-refractivity contribution in [2.24, 2.45) is 10.1 Å². The molecule has 3 aromatic rings. The van der Waals surface area contributed by atoms with E-state index in [1.165, 1.54) is 29.9 Å². The van der Waals surface area contributed by atoms with Gasteiger partial charge in [-0.25, -0.2) is 9.67 Å². The summed E-state index contributed by atoms with van der Waals surface area (Å²) in [6.45, 7) is 0. The van der Waals surface area contributed by atoms with E-state index in [0.717, 1.165) is 34.8 Å². The van der Waals surface area contributed by atoms with Gasteiger partial charge in [-0.05, 0) is 49.3 Å². The first-order valence-electron chi connectivity index (χ1n) is 8.84. The summed E-state index contributed by atoms with van der Waals surface area (Å²) in [5, 5.41) is 9.25. The van der Waals surface area contributed by atoms with E-state index in [-0.39, 0.29) is 0 Å². The molecular weight excluding hydrogens is 362 g/mol. The van der Waals surface area contributed by atoms with Gasteiger partial charge in [0.15, 0.2) is 0 Å². The van der Waals surface area contributed by atoms with Crippen LogP contribution >= 0.6 is 22.7 Å². The largest absolute Gasteiger partial charge is 0.494 e. The number of methoxy groups -OCH3 is 1. The summed E-state index contributed by atoms with van der Waals surface area (Å²) in [5.74, 6) is 0.774. The van der Waals surface area contributed by atoms with Gasteiger partial charge in [-0.3, -0.25) is 0 Å². The summed E-state index contributed by atoms with van der Waals surface area (Å²) >= 11 is 3.35. The van der Waals surface area contributed by atoms with Crippen LogP contribution in [0.5, 0.6) is 5.75 Å². The van der Waals surface area contributed by atoms with Crippen molar-refractivity contribution in [1.29, 1.82) is 0 Å². The second-order valence-electron chi connectivity index (χ2n) is 6.20.